The van der Waals surface area contributed by atoms with Gasteiger partial charge in [-0.1, -0.05) is 42.5 Å². The number of fused-ring (bicyclic) bond motifs is 1. The lowest BCUT2D eigenvalue weighted by Crippen LogP contribution is -2.39. The molecule has 0 saturated carbocycles. The third-order valence-electron chi connectivity index (χ3n) is 5.67. The summed E-state index contributed by atoms with van der Waals surface area (Å²) in [5.41, 5.74) is 2.34. The summed E-state index contributed by atoms with van der Waals surface area (Å²) in [4.78, 5) is 31.8. The average molecular weight is 507 g/mol. The molecular formula is C28H30N2O5S. The molecule has 1 atom stereocenters. The fraction of sp³-hybridized carbons (Fsp3) is 0.321. The molecule has 7 nitrogen and oxygen atoms in total. The fourth-order valence-electron chi connectivity index (χ4n) is 4.05. The minimum absolute atomic E-state index is 0.210. The highest BCUT2D eigenvalue weighted by Crippen LogP contribution is 2.31. The van der Waals surface area contributed by atoms with Crippen LogP contribution in [0.5, 0.6) is 11.5 Å². The first-order chi connectivity index (χ1) is 17.5. The van der Waals surface area contributed by atoms with Crippen LogP contribution in [0.15, 0.2) is 69.6 Å². The zero-order valence-corrected chi connectivity index (χ0v) is 21.8. The number of allylic oxidation sites excluding steroid dienone is 1. The summed E-state index contributed by atoms with van der Waals surface area (Å²) in [7, 11) is 0. The number of benzene rings is 2. The molecule has 36 heavy (non-hydrogen) atoms. The Morgan fingerprint density at radius 2 is 1.67 bits per heavy atom. The van der Waals surface area contributed by atoms with Gasteiger partial charge in [0, 0.05) is 0 Å². The predicted octanol–water partition coefficient (Wildman–Crippen LogP) is 3.99. The molecule has 4 rings (SSSR count). The fourth-order valence-corrected chi connectivity index (χ4v) is 5.10. The van der Waals surface area contributed by atoms with Crippen LogP contribution in [0.1, 0.15) is 51.3 Å². The number of hydrogen-bond acceptors (Lipinski definition) is 7. The molecule has 8 heteroatoms. The van der Waals surface area contributed by atoms with E-state index >= 15 is 0 Å². The molecule has 0 unspecified atom stereocenters. The van der Waals surface area contributed by atoms with Gasteiger partial charge in [0.1, 0.15) is 11.5 Å². The highest BCUT2D eigenvalue weighted by atomic mass is 32.1. The zero-order chi connectivity index (χ0) is 25.7. The molecule has 0 radical (unpaired) electrons. The zero-order valence-electron chi connectivity index (χ0n) is 20.9. The van der Waals surface area contributed by atoms with Crippen LogP contribution < -0.4 is 24.4 Å². The number of aromatic nitrogens is 1. The number of carbonyl (C=O) groups excluding carboxylic acids is 1. The summed E-state index contributed by atoms with van der Waals surface area (Å²) in [6.45, 7) is 8.95. The molecule has 3 aromatic rings. The van der Waals surface area contributed by atoms with Crippen molar-refractivity contribution in [3.63, 3.8) is 0 Å². The van der Waals surface area contributed by atoms with Gasteiger partial charge < -0.3 is 14.2 Å². The topological polar surface area (TPSA) is 79.1 Å². The number of hydrogen-bond donors (Lipinski definition) is 0. The van der Waals surface area contributed by atoms with Gasteiger partial charge in [0.15, 0.2) is 4.80 Å². The Kier molecular flexibility index (Phi) is 8.05. The van der Waals surface area contributed by atoms with E-state index in [1.165, 1.54) is 11.3 Å². The van der Waals surface area contributed by atoms with Gasteiger partial charge in [-0.2, -0.15) is 0 Å². The number of rotatable bonds is 9. The van der Waals surface area contributed by atoms with Crippen LogP contribution in [0.25, 0.3) is 6.08 Å². The first kappa shape index (κ1) is 25.4. The van der Waals surface area contributed by atoms with Crippen molar-refractivity contribution in [3.8, 4) is 11.5 Å². The number of carbonyl (C=O) groups is 1. The second-order valence-corrected chi connectivity index (χ2v) is 9.23. The summed E-state index contributed by atoms with van der Waals surface area (Å²) < 4.78 is 18.7. The van der Waals surface area contributed by atoms with Crippen molar-refractivity contribution in [1.82, 2.24) is 4.57 Å². The second-order valence-electron chi connectivity index (χ2n) is 8.22. The van der Waals surface area contributed by atoms with Crippen molar-refractivity contribution in [1.29, 1.82) is 0 Å². The summed E-state index contributed by atoms with van der Waals surface area (Å²) in [6, 6.07) is 14.4. The Bertz CT molecular complexity index is 1430. The van der Waals surface area contributed by atoms with Crippen molar-refractivity contribution >= 4 is 23.4 Å². The number of thiazole rings is 1. The predicted molar refractivity (Wildman–Crippen MR) is 140 cm³/mol. The second kappa shape index (κ2) is 11.4. The van der Waals surface area contributed by atoms with Gasteiger partial charge in [0.25, 0.3) is 5.56 Å². The van der Waals surface area contributed by atoms with E-state index in [1.807, 2.05) is 61.5 Å². The number of ether oxygens (including phenoxy) is 3. The van der Waals surface area contributed by atoms with E-state index in [0.717, 1.165) is 29.0 Å². The van der Waals surface area contributed by atoms with Gasteiger partial charge in [-0.15, -0.1) is 0 Å². The molecule has 1 aliphatic rings. The van der Waals surface area contributed by atoms with Gasteiger partial charge in [0.2, 0.25) is 0 Å². The molecule has 2 aromatic carbocycles. The molecule has 0 amide bonds. The van der Waals surface area contributed by atoms with E-state index in [9.17, 15) is 9.59 Å². The number of nitrogens with zero attached hydrogens (tertiary/aromatic N) is 2. The third-order valence-corrected chi connectivity index (χ3v) is 6.66. The van der Waals surface area contributed by atoms with Crippen LogP contribution in [-0.2, 0) is 9.53 Å². The van der Waals surface area contributed by atoms with Crippen LogP contribution in [0.3, 0.4) is 0 Å². The standard InChI is InChI=1S/C28H30N2O5S/c1-5-16-35-22-12-8-19(9-13-22)17-23-26(31)30-25(20-10-14-21(15-11-20)33-6-2)24(27(32)34-7-3)18(4)29-28(30)36-23/h8-15,17,25H,5-7,16H2,1-4H3/b23-17+/t25-/m0/s1. The van der Waals surface area contributed by atoms with Gasteiger partial charge in [-0.25, -0.2) is 9.79 Å². The number of esters is 1. The molecule has 0 saturated heterocycles. The van der Waals surface area contributed by atoms with E-state index in [-0.39, 0.29) is 12.2 Å². The Morgan fingerprint density at radius 1 is 1.00 bits per heavy atom. The quantitative estimate of drug-likeness (QED) is 0.410. The summed E-state index contributed by atoms with van der Waals surface area (Å²) >= 11 is 1.30. The molecular weight excluding hydrogens is 476 g/mol. The molecule has 2 heterocycles. The first-order valence-electron chi connectivity index (χ1n) is 12.1. The van der Waals surface area contributed by atoms with E-state index in [0.29, 0.717) is 33.8 Å². The summed E-state index contributed by atoms with van der Waals surface area (Å²) in [5, 5.41) is 0. The maximum atomic E-state index is 13.7. The average Bonchev–Trinajstić information content (AvgIpc) is 3.17. The maximum absolute atomic E-state index is 13.7. The molecule has 0 fully saturated rings. The highest BCUT2D eigenvalue weighted by Gasteiger charge is 2.33. The largest absolute Gasteiger partial charge is 0.494 e. The molecule has 0 N–H and O–H groups in total. The minimum atomic E-state index is -0.650. The molecule has 0 bridgehead atoms. The van der Waals surface area contributed by atoms with E-state index in [4.69, 9.17) is 14.2 Å². The van der Waals surface area contributed by atoms with Gasteiger partial charge >= 0.3 is 5.97 Å². The van der Waals surface area contributed by atoms with E-state index in [2.05, 4.69) is 11.9 Å². The Morgan fingerprint density at radius 3 is 2.31 bits per heavy atom. The third kappa shape index (κ3) is 5.28. The monoisotopic (exact) mass is 506 g/mol. The summed E-state index contributed by atoms with van der Waals surface area (Å²) in [6.07, 6.45) is 2.78. The van der Waals surface area contributed by atoms with Crippen LogP contribution in [0, 0.1) is 0 Å². The Labute approximate surface area is 214 Å². The molecule has 1 aromatic heterocycles. The molecule has 0 spiro atoms. The molecule has 0 aliphatic carbocycles. The van der Waals surface area contributed by atoms with Crippen molar-refractivity contribution < 1.29 is 19.0 Å². The molecule has 1 aliphatic heterocycles. The van der Waals surface area contributed by atoms with Crippen LogP contribution in [-0.4, -0.2) is 30.4 Å². The smallest absolute Gasteiger partial charge is 0.338 e. The normalized spacial score (nSPS) is 15.3. The Hall–Kier alpha value is -3.65. The van der Waals surface area contributed by atoms with Crippen LogP contribution >= 0.6 is 11.3 Å². The van der Waals surface area contributed by atoms with Crippen molar-refractivity contribution in [2.24, 2.45) is 4.99 Å². The van der Waals surface area contributed by atoms with Crippen molar-refractivity contribution in [2.45, 2.75) is 40.2 Å². The van der Waals surface area contributed by atoms with E-state index in [1.54, 1.807) is 18.4 Å². The lowest BCUT2D eigenvalue weighted by Gasteiger charge is -2.24. The summed E-state index contributed by atoms with van der Waals surface area (Å²) in [5.74, 6) is 1.04. The van der Waals surface area contributed by atoms with Crippen molar-refractivity contribution in [2.75, 3.05) is 19.8 Å². The lowest BCUT2D eigenvalue weighted by atomic mass is 9.96. The minimum Gasteiger partial charge on any atom is -0.494 e. The van der Waals surface area contributed by atoms with Gasteiger partial charge in [0.05, 0.1) is 41.7 Å². The molecule has 188 valence electrons. The Balaban J connectivity index is 1.82. The lowest BCUT2D eigenvalue weighted by molar-refractivity contribution is -0.139. The maximum Gasteiger partial charge on any atom is 0.338 e. The first-order valence-corrected chi connectivity index (χ1v) is 12.9. The van der Waals surface area contributed by atoms with Crippen LogP contribution in [0.2, 0.25) is 0 Å². The van der Waals surface area contributed by atoms with Crippen molar-refractivity contribution in [3.05, 3.63) is 90.6 Å². The van der Waals surface area contributed by atoms with Gasteiger partial charge in [-0.3, -0.25) is 9.36 Å². The van der Waals surface area contributed by atoms with Gasteiger partial charge in [-0.05, 0) is 68.7 Å². The van der Waals surface area contributed by atoms with Crippen LogP contribution in [0.4, 0.5) is 0 Å². The highest BCUT2D eigenvalue weighted by molar-refractivity contribution is 7.07. The van der Waals surface area contributed by atoms with E-state index < -0.39 is 12.0 Å². The SMILES string of the molecule is CCCOc1ccc(/C=c2/sc3n(c2=O)[C@@H](c2ccc(OCC)cc2)C(C(=O)OCC)=C(C)N=3)cc1.